The van der Waals surface area contributed by atoms with E-state index in [9.17, 15) is 4.79 Å². The van der Waals surface area contributed by atoms with E-state index in [0.29, 0.717) is 11.6 Å². The van der Waals surface area contributed by atoms with Crippen molar-refractivity contribution >= 4 is 17.4 Å². The summed E-state index contributed by atoms with van der Waals surface area (Å²) >= 11 is 0. The highest BCUT2D eigenvalue weighted by Gasteiger charge is 2.26. The molecule has 1 aromatic carbocycles. The summed E-state index contributed by atoms with van der Waals surface area (Å²) in [6.45, 7) is 11.6. The molecule has 2 aromatic rings. The molecule has 6 heteroatoms. The Morgan fingerprint density at radius 2 is 1.92 bits per heavy atom. The first-order valence-corrected chi connectivity index (χ1v) is 8.75. The Hall–Kier alpha value is -2.34. The van der Waals surface area contributed by atoms with Crippen LogP contribution in [-0.4, -0.2) is 48.2 Å². The van der Waals surface area contributed by atoms with Gasteiger partial charge in [-0.3, -0.25) is 9.69 Å². The van der Waals surface area contributed by atoms with Gasteiger partial charge < -0.3 is 14.7 Å². The maximum Gasteiger partial charge on any atom is 0.242 e. The third-order valence-corrected chi connectivity index (χ3v) is 5.04. The topological polar surface area (TPSA) is 61.6 Å². The zero-order valence-corrected chi connectivity index (χ0v) is 15.4. The summed E-state index contributed by atoms with van der Waals surface area (Å²) in [5, 5.41) is 6.64. The van der Waals surface area contributed by atoms with Crippen molar-refractivity contribution in [2.24, 2.45) is 0 Å². The van der Waals surface area contributed by atoms with Crippen molar-refractivity contribution in [1.29, 1.82) is 0 Å². The van der Waals surface area contributed by atoms with Crippen LogP contribution in [0, 0.1) is 20.8 Å². The van der Waals surface area contributed by atoms with Crippen LogP contribution in [0.4, 0.5) is 11.5 Å². The van der Waals surface area contributed by atoms with Crippen LogP contribution < -0.4 is 10.2 Å². The van der Waals surface area contributed by atoms with E-state index in [1.807, 2.05) is 6.92 Å². The molecule has 134 valence electrons. The lowest BCUT2D eigenvalue weighted by molar-refractivity contribution is -0.120. The number of carbonyl (C=O) groups is 1. The van der Waals surface area contributed by atoms with Crippen LogP contribution in [0.2, 0.25) is 0 Å². The molecule has 2 heterocycles. The molecular formula is C19H26N4O2. The molecule has 6 nitrogen and oxygen atoms in total. The SMILES string of the molecule is Cc1cc(NC(=O)C(C)N2CCN(c3cccc(C)c3C)CC2)no1. The molecular weight excluding hydrogens is 316 g/mol. The van der Waals surface area contributed by atoms with E-state index in [4.69, 9.17) is 4.52 Å². The van der Waals surface area contributed by atoms with Crippen LogP contribution in [-0.2, 0) is 4.79 Å². The molecule has 1 aromatic heterocycles. The first-order chi connectivity index (χ1) is 12.0. The maximum absolute atomic E-state index is 12.4. The van der Waals surface area contributed by atoms with Crippen LogP contribution >= 0.6 is 0 Å². The Morgan fingerprint density at radius 1 is 1.20 bits per heavy atom. The van der Waals surface area contributed by atoms with Crippen LogP contribution in [0.25, 0.3) is 0 Å². The number of anilines is 2. The molecule has 1 N–H and O–H groups in total. The molecule has 0 aliphatic carbocycles. The highest BCUT2D eigenvalue weighted by Crippen LogP contribution is 2.24. The summed E-state index contributed by atoms with van der Waals surface area (Å²) in [7, 11) is 0. The lowest BCUT2D eigenvalue weighted by Gasteiger charge is -2.39. The summed E-state index contributed by atoms with van der Waals surface area (Å²) in [6, 6.07) is 7.97. The van der Waals surface area contributed by atoms with Gasteiger partial charge in [0.25, 0.3) is 0 Å². The van der Waals surface area contributed by atoms with Gasteiger partial charge >= 0.3 is 0 Å². The number of nitrogens with one attached hydrogen (secondary N) is 1. The van der Waals surface area contributed by atoms with Crippen molar-refractivity contribution in [2.75, 3.05) is 36.4 Å². The number of nitrogens with zero attached hydrogens (tertiary/aromatic N) is 3. The predicted octanol–water partition coefficient (Wildman–Crippen LogP) is 2.75. The fourth-order valence-electron chi connectivity index (χ4n) is 3.25. The van der Waals surface area contributed by atoms with Gasteiger partial charge in [-0.25, -0.2) is 0 Å². The van der Waals surface area contributed by atoms with Crippen LogP contribution in [0.1, 0.15) is 23.8 Å². The van der Waals surface area contributed by atoms with Gasteiger partial charge in [-0.05, 0) is 44.9 Å². The van der Waals surface area contributed by atoms with Crippen molar-refractivity contribution < 1.29 is 9.32 Å². The fraction of sp³-hybridized carbons (Fsp3) is 0.474. The van der Waals surface area contributed by atoms with E-state index in [-0.39, 0.29) is 11.9 Å². The Morgan fingerprint density at radius 3 is 2.56 bits per heavy atom. The van der Waals surface area contributed by atoms with Crippen molar-refractivity contribution in [2.45, 2.75) is 33.7 Å². The monoisotopic (exact) mass is 342 g/mol. The van der Waals surface area contributed by atoms with Crippen LogP contribution in [0.5, 0.6) is 0 Å². The molecule has 1 saturated heterocycles. The molecule has 1 aliphatic heterocycles. The molecule has 1 aliphatic rings. The minimum atomic E-state index is -0.197. The number of hydrogen-bond acceptors (Lipinski definition) is 5. The standard InChI is InChI=1S/C19H26N4O2/c1-13-6-5-7-17(15(13)3)23-10-8-22(9-11-23)16(4)19(24)20-18-12-14(2)25-21-18/h5-7,12,16H,8-11H2,1-4H3,(H,20,21,24). The van der Waals surface area contributed by atoms with Gasteiger partial charge in [-0.2, -0.15) is 0 Å². The normalized spacial score (nSPS) is 16.7. The van der Waals surface area contributed by atoms with Gasteiger partial charge in [0, 0.05) is 37.9 Å². The Kier molecular flexibility index (Phi) is 5.08. The third-order valence-electron chi connectivity index (χ3n) is 5.04. The number of benzene rings is 1. The van der Waals surface area contributed by atoms with E-state index >= 15 is 0 Å². The quantitative estimate of drug-likeness (QED) is 0.926. The average Bonchev–Trinajstić information content (AvgIpc) is 3.01. The smallest absolute Gasteiger partial charge is 0.242 e. The molecule has 0 spiro atoms. The van der Waals surface area contributed by atoms with Crippen molar-refractivity contribution in [3.63, 3.8) is 0 Å². The molecule has 0 bridgehead atoms. The van der Waals surface area contributed by atoms with E-state index in [2.05, 4.69) is 52.3 Å². The maximum atomic E-state index is 12.4. The zero-order valence-electron chi connectivity index (χ0n) is 15.4. The van der Waals surface area contributed by atoms with Crippen LogP contribution in [0.15, 0.2) is 28.8 Å². The highest BCUT2D eigenvalue weighted by atomic mass is 16.5. The minimum absolute atomic E-state index is 0.0477. The second-order valence-electron chi connectivity index (χ2n) is 6.73. The summed E-state index contributed by atoms with van der Waals surface area (Å²) in [4.78, 5) is 17.0. The molecule has 1 amide bonds. The van der Waals surface area contributed by atoms with E-state index in [1.165, 1.54) is 16.8 Å². The fourth-order valence-corrected chi connectivity index (χ4v) is 3.25. The first kappa shape index (κ1) is 17.5. The molecule has 0 radical (unpaired) electrons. The molecule has 25 heavy (non-hydrogen) atoms. The van der Waals surface area contributed by atoms with Crippen molar-refractivity contribution in [3.05, 3.63) is 41.2 Å². The molecule has 1 unspecified atom stereocenters. The van der Waals surface area contributed by atoms with Crippen molar-refractivity contribution in [1.82, 2.24) is 10.1 Å². The number of aromatic nitrogens is 1. The van der Waals surface area contributed by atoms with Gasteiger partial charge in [0.1, 0.15) is 5.76 Å². The van der Waals surface area contributed by atoms with Gasteiger partial charge in [0.05, 0.1) is 6.04 Å². The number of amides is 1. The summed E-state index contributed by atoms with van der Waals surface area (Å²) < 4.78 is 4.99. The predicted molar refractivity (Wildman–Crippen MR) is 99.0 cm³/mol. The van der Waals surface area contributed by atoms with E-state index in [1.54, 1.807) is 13.0 Å². The second kappa shape index (κ2) is 7.27. The summed E-state index contributed by atoms with van der Waals surface area (Å²) in [6.07, 6.45) is 0. The van der Waals surface area contributed by atoms with Crippen LogP contribution in [0.3, 0.4) is 0 Å². The minimum Gasteiger partial charge on any atom is -0.369 e. The lowest BCUT2D eigenvalue weighted by atomic mass is 10.1. The molecule has 1 fully saturated rings. The first-order valence-electron chi connectivity index (χ1n) is 8.75. The molecule has 1 atom stereocenters. The number of carbonyl (C=O) groups excluding carboxylic acids is 1. The number of rotatable bonds is 4. The van der Waals surface area contributed by atoms with E-state index in [0.717, 1.165) is 26.2 Å². The van der Waals surface area contributed by atoms with Crippen molar-refractivity contribution in [3.8, 4) is 0 Å². The Labute approximate surface area is 148 Å². The van der Waals surface area contributed by atoms with Gasteiger partial charge in [0.15, 0.2) is 5.82 Å². The van der Waals surface area contributed by atoms with Gasteiger partial charge in [0.2, 0.25) is 5.91 Å². The summed E-state index contributed by atoms with van der Waals surface area (Å²) in [5.74, 6) is 1.11. The Bertz CT molecular complexity index is 748. The number of hydrogen-bond donors (Lipinski definition) is 1. The zero-order chi connectivity index (χ0) is 18.0. The average molecular weight is 342 g/mol. The lowest BCUT2D eigenvalue weighted by Crippen LogP contribution is -2.53. The molecule has 0 saturated carbocycles. The molecule has 3 rings (SSSR count). The summed E-state index contributed by atoms with van der Waals surface area (Å²) in [5.41, 5.74) is 3.95. The third kappa shape index (κ3) is 3.85. The number of piperazine rings is 1. The number of aryl methyl sites for hydroxylation is 2. The van der Waals surface area contributed by atoms with Gasteiger partial charge in [-0.15, -0.1) is 0 Å². The van der Waals surface area contributed by atoms with Gasteiger partial charge in [-0.1, -0.05) is 17.3 Å². The second-order valence-corrected chi connectivity index (χ2v) is 6.73. The Balaban J connectivity index is 1.58. The van der Waals surface area contributed by atoms with E-state index < -0.39 is 0 Å². The largest absolute Gasteiger partial charge is 0.369 e. The highest BCUT2D eigenvalue weighted by molar-refractivity contribution is 5.93.